The van der Waals surface area contributed by atoms with Gasteiger partial charge in [0, 0.05) is 25.6 Å². The van der Waals surface area contributed by atoms with E-state index in [1.165, 1.54) is 5.56 Å². The first kappa shape index (κ1) is 9.44. The average molecular weight is 192 g/mol. The molecule has 1 aliphatic rings. The van der Waals surface area contributed by atoms with Crippen LogP contribution in [0.3, 0.4) is 0 Å². The molecule has 0 N–H and O–H groups in total. The molecule has 0 aliphatic heterocycles. The second kappa shape index (κ2) is 3.95. The molecule has 1 saturated carbocycles. The third kappa shape index (κ3) is 2.44. The van der Waals surface area contributed by atoms with Crippen LogP contribution in [0.25, 0.3) is 0 Å². The zero-order valence-electron chi connectivity index (χ0n) is 8.57. The van der Waals surface area contributed by atoms with Gasteiger partial charge in [0.2, 0.25) is 0 Å². The molecule has 0 bridgehead atoms. The molecule has 3 nitrogen and oxygen atoms in total. The quantitative estimate of drug-likeness (QED) is 0.712. The van der Waals surface area contributed by atoms with Crippen LogP contribution in [0.2, 0.25) is 0 Å². The van der Waals surface area contributed by atoms with E-state index in [1.807, 2.05) is 19.4 Å². The van der Waals surface area contributed by atoms with Crippen LogP contribution in [0.1, 0.15) is 31.2 Å². The van der Waals surface area contributed by atoms with Crippen molar-refractivity contribution in [2.75, 3.05) is 0 Å². The van der Waals surface area contributed by atoms with Gasteiger partial charge in [0.1, 0.15) is 5.78 Å². The Morgan fingerprint density at radius 1 is 1.64 bits per heavy atom. The van der Waals surface area contributed by atoms with Gasteiger partial charge < -0.3 is 0 Å². The lowest BCUT2D eigenvalue weighted by Gasteiger charge is -1.96. The first-order valence-corrected chi connectivity index (χ1v) is 5.26. The molecule has 1 fully saturated rings. The minimum atomic E-state index is 0.420. The number of rotatable bonds is 5. The van der Waals surface area contributed by atoms with Crippen LogP contribution in [0, 0.1) is 5.92 Å². The van der Waals surface area contributed by atoms with Crippen LogP contribution < -0.4 is 0 Å². The molecule has 0 aromatic carbocycles. The lowest BCUT2D eigenvalue weighted by atomic mass is 10.1. The van der Waals surface area contributed by atoms with E-state index < -0.39 is 0 Å². The standard InChI is InChI=1S/C11H16N2O/c1-13-8-9(7-12-13)3-2-4-11(14)10-5-6-10/h7-8,10H,2-6H2,1H3. The summed E-state index contributed by atoms with van der Waals surface area (Å²) in [6.07, 6.45) is 8.85. The van der Waals surface area contributed by atoms with E-state index in [1.54, 1.807) is 4.68 Å². The molecule has 0 unspecified atom stereocenters. The molecule has 0 atom stereocenters. The third-order valence-electron chi connectivity index (χ3n) is 2.68. The molecular formula is C11H16N2O. The Balaban J connectivity index is 1.69. The lowest BCUT2D eigenvalue weighted by molar-refractivity contribution is -0.120. The minimum Gasteiger partial charge on any atom is -0.299 e. The maximum Gasteiger partial charge on any atom is 0.135 e. The van der Waals surface area contributed by atoms with E-state index in [2.05, 4.69) is 5.10 Å². The van der Waals surface area contributed by atoms with Crippen molar-refractivity contribution in [3.8, 4) is 0 Å². The SMILES string of the molecule is Cn1cc(CCCC(=O)C2CC2)cn1. The Labute approximate surface area is 84.1 Å². The number of Topliss-reactive ketones (excluding diaryl/α,β-unsaturated/α-hetero) is 1. The number of aryl methyl sites for hydroxylation is 2. The summed E-state index contributed by atoms with van der Waals surface area (Å²) in [5, 5.41) is 4.09. The van der Waals surface area contributed by atoms with Crippen molar-refractivity contribution >= 4 is 5.78 Å². The first-order valence-electron chi connectivity index (χ1n) is 5.26. The topological polar surface area (TPSA) is 34.9 Å². The maximum atomic E-state index is 11.4. The van der Waals surface area contributed by atoms with Crippen molar-refractivity contribution < 1.29 is 4.79 Å². The number of hydrogen-bond donors (Lipinski definition) is 0. The Kier molecular flexibility index (Phi) is 2.66. The molecule has 3 heteroatoms. The molecule has 0 saturated heterocycles. The van der Waals surface area contributed by atoms with E-state index in [0.717, 1.165) is 32.1 Å². The van der Waals surface area contributed by atoms with Gasteiger partial charge in [-0.2, -0.15) is 5.10 Å². The molecule has 1 aromatic rings. The fourth-order valence-electron chi connectivity index (χ4n) is 1.68. The van der Waals surface area contributed by atoms with Crippen molar-refractivity contribution in [2.24, 2.45) is 13.0 Å². The molecule has 76 valence electrons. The van der Waals surface area contributed by atoms with Gasteiger partial charge in [-0.1, -0.05) is 0 Å². The van der Waals surface area contributed by atoms with Gasteiger partial charge >= 0.3 is 0 Å². The lowest BCUT2D eigenvalue weighted by Crippen LogP contribution is -2.00. The number of hydrogen-bond acceptors (Lipinski definition) is 2. The summed E-state index contributed by atoms with van der Waals surface area (Å²) < 4.78 is 1.80. The molecule has 14 heavy (non-hydrogen) atoms. The number of carbonyl (C=O) groups is 1. The fraction of sp³-hybridized carbons (Fsp3) is 0.636. The highest BCUT2D eigenvalue weighted by atomic mass is 16.1. The van der Waals surface area contributed by atoms with Crippen molar-refractivity contribution in [1.29, 1.82) is 0 Å². The molecule has 0 radical (unpaired) electrons. The highest BCUT2D eigenvalue weighted by Gasteiger charge is 2.28. The van der Waals surface area contributed by atoms with E-state index in [4.69, 9.17) is 0 Å². The van der Waals surface area contributed by atoms with Crippen molar-refractivity contribution in [2.45, 2.75) is 32.1 Å². The Hall–Kier alpha value is -1.12. The Morgan fingerprint density at radius 2 is 2.43 bits per heavy atom. The molecular weight excluding hydrogens is 176 g/mol. The largest absolute Gasteiger partial charge is 0.299 e. The Bertz CT molecular complexity index is 326. The van der Waals surface area contributed by atoms with Crippen LogP contribution in [-0.2, 0) is 18.3 Å². The van der Waals surface area contributed by atoms with Gasteiger partial charge in [-0.15, -0.1) is 0 Å². The van der Waals surface area contributed by atoms with Crippen LogP contribution in [0.15, 0.2) is 12.4 Å². The number of nitrogens with zero attached hydrogens (tertiary/aromatic N) is 2. The molecule has 1 aliphatic carbocycles. The summed E-state index contributed by atoms with van der Waals surface area (Å²) in [4.78, 5) is 11.4. The summed E-state index contributed by atoms with van der Waals surface area (Å²) in [7, 11) is 1.92. The van der Waals surface area contributed by atoms with Gasteiger partial charge in [0.15, 0.2) is 0 Å². The Morgan fingerprint density at radius 3 is 3.00 bits per heavy atom. The number of aromatic nitrogens is 2. The summed E-state index contributed by atoms with van der Waals surface area (Å²) in [5.74, 6) is 0.887. The third-order valence-corrected chi connectivity index (χ3v) is 2.68. The molecule has 1 heterocycles. The van der Waals surface area contributed by atoms with Crippen LogP contribution in [-0.4, -0.2) is 15.6 Å². The highest BCUT2D eigenvalue weighted by molar-refractivity contribution is 5.83. The van der Waals surface area contributed by atoms with Gasteiger partial charge in [-0.05, 0) is 31.2 Å². The van der Waals surface area contributed by atoms with Crippen LogP contribution in [0.4, 0.5) is 0 Å². The molecule has 1 aromatic heterocycles. The predicted octanol–water partition coefficient (Wildman–Crippen LogP) is 1.72. The van der Waals surface area contributed by atoms with Crippen molar-refractivity contribution in [3.05, 3.63) is 18.0 Å². The second-order valence-electron chi connectivity index (χ2n) is 4.12. The zero-order valence-corrected chi connectivity index (χ0v) is 8.57. The van der Waals surface area contributed by atoms with E-state index in [9.17, 15) is 4.79 Å². The van der Waals surface area contributed by atoms with Crippen LogP contribution >= 0.6 is 0 Å². The van der Waals surface area contributed by atoms with Crippen molar-refractivity contribution in [1.82, 2.24) is 9.78 Å². The molecule has 2 rings (SSSR count). The first-order chi connectivity index (χ1) is 6.75. The molecule has 0 spiro atoms. The van der Waals surface area contributed by atoms with Gasteiger partial charge in [-0.25, -0.2) is 0 Å². The van der Waals surface area contributed by atoms with E-state index >= 15 is 0 Å². The van der Waals surface area contributed by atoms with Crippen molar-refractivity contribution in [3.63, 3.8) is 0 Å². The van der Waals surface area contributed by atoms with E-state index in [-0.39, 0.29) is 0 Å². The smallest absolute Gasteiger partial charge is 0.135 e. The number of carbonyl (C=O) groups excluding carboxylic acids is 1. The summed E-state index contributed by atoms with van der Waals surface area (Å²) in [6, 6.07) is 0. The normalized spacial score (nSPS) is 15.8. The minimum absolute atomic E-state index is 0.420. The van der Waals surface area contributed by atoms with E-state index in [0.29, 0.717) is 11.7 Å². The maximum absolute atomic E-state index is 11.4. The summed E-state index contributed by atoms with van der Waals surface area (Å²) >= 11 is 0. The average Bonchev–Trinajstić information content (AvgIpc) is 2.92. The second-order valence-corrected chi connectivity index (χ2v) is 4.12. The van der Waals surface area contributed by atoms with Gasteiger partial charge in [-0.3, -0.25) is 9.48 Å². The van der Waals surface area contributed by atoms with Gasteiger partial charge in [0.05, 0.1) is 6.20 Å². The monoisotopic (exact) mass is 192 g/mol. The molecule has 0 amide bonds. The summed E-state index contributed by atoms with van der Waals surface area (Å²) in [5.41, 5.74) is 1.23. The zero-order chi connectivity index (χ0) is 9.97. The van der Waals surface area contributed by atoms with Gasteiger partial charge in [0.25, 0.3) is 0 Å². The highest BCUT2D eigenvalue weighted by Crippen LogP contribution is 2.31. The van der Waals surface area contributed by atoms with Crippen LogP contribution in [0.5, 0.6) is 0 Å². The predicted molar refractivity (Wildman–Crippen MR) is 53.9 cm³/mol. The summed E-state index contributed by atoms with van der Waals surface area (Å²) in [6.45, 7) is 0. The fourth-order valence-corrected chi connectivity index (χ4v) is 1.68. The number of ketones is 1.